The number of nitrogens with zero attached hydrogens (tertiary/aromatic N) is 4. The lowest BCUT2D eigenvalue weighted by Gasteiger charge is -2.34. The third kappa shape index (κ3) is 6.01. The van der Waals surface area contributed by atoms with Crippen molar-refractivity contribution < 1.29 is 4.79 Å². The number of hydrogen-bond donors (Lipinski definition) is 1. The van der Waals surface area contributed by atoms with Crippen LogP contribution in [0.3, 0.4) is 0 Å². The number of carbonyl (C=O) groups is 1. The van der Waals surface area contributed by atoms with E-state index in [1.54, 1.807) is 24.2 Å². The van der Waals surface area contributed by atoms with Gasteiger partial charge in [0.05, 0.1) is 0 Å². The molecule has 1 aromatic carbocycles. The Balaban J connectivity index is 1.27. The van der Waals surface area contributed by atoms with E-state index in [9.17, 15) is 4.79 Å². The summed E-state index contributed by atoms with van der Waals surface area (Å²) in [4.78, 5) is 27.9. The largest absolute Gasteiger partial charge is 0.355 e. The number of aryl methyl sites for hydroxylation is 1. The molecule has 0 saturated carbocycles. The normalized spacial score (nSPS) is 20.3. The van der Waals surface area contributed by atoms with Gasteiger partial charge in [0.2, 0.25) is 5.91 Å². The third-order valence-corrected chi connectivity index (χ3v) is 7.68. The number of piperidine rings is 2. The first kappa shape index (κ1) is 23.1. The standard InChI is InChI=1S/C25H35N5OS/c1-19-6-8-22(9-7-19)32-25-23(26-12-13-28-25)30-16-10-21(11-17-30)24(31)27-14-18-29-15-4-3-5-20(29)2/h6-9,12-13,20-21H,3-5,10-11,14-18H2,1-2H3,(H,27,31)/t20-/m0/s1. The Kier molecular flexibility index (Phi) is 8.03. The zero-order chi connectivity index (χ0) is 22.3. The number of amides is 1. The fourth-order valence-corrected chi connectivity index (χ4v) is 5.52. The van der Waals surface area contributed by atoms with E-state index in [1.807, 2.05) is 0 Å². The molecule has 7 heteroatoms. The lowest BCUT2D eigenvalue weighted by atomic mass is 9.96. The van der Waals surface area contributed by atoms with Gasteiger partial charge in [-0.15, -0.1) is 0 Å². The first-order valence-corrected chi connectivity index (χ1v) is 12.7. The Bertz CT molecular complexity index is 882. The predicted octanol–water partition coefficient (Wildman–Crippen LogP) is 4.14. The van der Waals surface area contributed by atoms with Crippen LogP contribution < -0.4 is 10.2 Å². The minimum absolute atomic E-state index is 0.0925. The van der Waals surface area contributed by atoms with Crippen LogP contribution in [0.4, 0.5) is 5.82 Å². The molecular formula is C25H35N5OS. The lowest BCUT2D eigenvalue weighted by Crippen LogP contribution is -2.45. The molecule has 4 rings (SSSR count). The van der Waals surface area contributed by atoms with Crippen molar-refractivity contribution in [3.8, 4) is 0 Å². The van der Waals surface area contributed by atoms with Crippen molar-refractivity contribution in [2.75, 3.05) is 37.6 Å². The molecule has 0 unspecified atom stereocenters. The van der Waals surface area contributed by atoms with Crippen LogP contribution in [0.15, 0.2) is 46.6 Å². The van der Waals surface area contributed by atoms with Crippen molar-refractivity contribution in [1.82, 2.24) is 20.2 Å². The van der Waals surface area contributed by atoms with E-state index in [0.717, 1.165) is 61.3 Å². The van der Waals surface area contributed by atoms with Gasteiger partial charge in [-0.05, 0) is 58.2 Å². The number of carbonyl (C=O) groups excluding carboxylic acids is 1. The molecule has 1 atom stereocenters. The molecule has 2 fully saturated rings. The third-order valence-electron chi connectivity index (χ3n) is 6.69. The minimum Gasteiger partial charge on any atom is -0.355 e. The van der Waals surface area contributed by atoms with Gasteiger partial charge in [-0.1, -0.05) is 35.9 Å². The van der Waals surface area contributed by atoms with Gasteiger partial charge < -0.3 is 10.2 Å². The van der Waals surface area contributed by atoms with Crippen molar-refractivity contribution in [3.63, 3.8) is 0 Å². The minimum atomic E-state index is 0.0925. The first-order valence-electron chi connectivity index (χ1n) is 11.9. The van der Waals surface area contributed by atoms with E-state index in [0.29, 0.717) is 6.04 Å². The van der Waals surface area contributed by atoms with E-state index < -0.39 is 0 Å². The summed E-state index contributed by atoms with van der Waals surface area (Å²) < 4.78 is 0. The van der Waals surface area contributed by atoms with Crippen LogP contribution >= 0.6 is 11.8 Å². The molecular weight excluding hydrogens is 418 g/mol. The Morgan fingerprint density at radius 3 is 2.56 bits per heavy atom. The highest BCUT2D eigenvalue weighted by Gasteiger charge is 2.27. The summed E-state index contributed by atoms with van der Waals surface area (Å²) in [6.07, 6.45) is 9.12. The second-order valence-corrected chi connectivity index (χ2v) is 10.1. The molecule has 0 aliphatic carbocycles. The molecule has 1 N–H and O–H groups in total. The highest BCUT2D eigenvalue weighted by molar-refractivity contribution is 7.99. The van der Waals surface area contributed by atoms with Crippen molar-refractivity contribution in [2.45, 2.75) is 61.9 Å². The molecule has 2 aliphatic rings. The average molecular weight is 454 g/mol. The van der Waals surface area contributed by atoms with E-state index >= 15 is 0 Å². The highest BCUT2D eigenvalue weighted by atomic mass is 32.2. The molecule has 172 valence electrons. The van der Waals surface area contributed by atoms with Crippen LogP contribution in [0.25, 0.3) is 0 Å². The van der Waals surface area contributed by atoms with Gasteiger partial charge in [-0.2, -0.15) is 0 Å². The second kappa shape index (κ2) is 11.1. The summed E-state index contributed by atoms with van der Waals surface area (Å²) >= 11 is 1.65. The van der Waals surface area contributed by atoms with E-state index in [-0.39, 0.29) is 11.8 Å². The quantitative estimate of drug-likeness (QED) is 0.680. The second-order valence-electron chi connectivity index (χ2n) is 9.03. The molecule has 2 aromatic rings. The zero-order valence-electron chi connectivity index (χ0n) is 19.3. The Morgan fingerprint density at radius 2 is 1.81 bits per heavy atom. The van der Waals surface area contributed by atoms with E-state index in [4.69, 9.17) is 0 Å². The number of likely N-dealkylation sites (tertiary alicyclic amines) is 1. The van der Waals surface area contributed by atoms with Crippen molar-refractivity contribution >= 4 is 23.5 Å². The summed E-state index contributed by atoms with van der Waals surface area (Å²) in [6, 6.07) is 9.13. The number of aromatic nitrogens is 2. The number of nitrogens with one attached hydrogen (secondary N) is 1. The zero-order valence-corrected chi connectivity index (χ0v) is 20.1. The maximum absolute atomic E-state index is 12.7. The molecule has 2 aliphatic heterocycles. The highest BCUT2D eigenvalue weighted by Crippen LogP contribution is 2.34. The maximum Gasteiger partial charge on any atom is 0.223 e. The number of anilines is 1. The number of benzene rings is 1. The predicted molar refractivity (Wildman–Crippen MR) is 130 cm³/mol. The van der Waals surface area contributed by atoms with Crippen LogP contribution in [0.2, 0.25) is 0 Å². The SMILES string of the molecule is Cc1ccc(Sc2nccnc2N2CCC(C(=O)NCCN3CCCC[C@@H]3C)CC2)cc1. The van der Waals surface area contributed by atoms with Crippen molar-refractivity contribution in [1.29, 1.82) is 0 Å². The first-order chi connectivity index (χ1) is 15.6. The van der Waals surface area contributed by atoms with Gasteiger partial charge in [-0.25, -0.2) is 9.97 Å². The van der Waals surface area contributed by atoms with Gasteiger partial charge in [-0.3, -0.25) is 9.69 Å². The van der Waals surface area contributed by atoms with E-state index in [2.05, 4.69) is 63.2 Å². The van der Waals surface area contributed by atoms with Gasteiger partial charge >= 0.3 is 0 Å². The van der Waals surface area contributed by atoms with E-state index in [1.165, 1.54) is 24.8 Å². The molecule has 0 spiro atoms. The van der Waals surface area contributed by atoms with Crippen LogP contribution in [0, 0.1) is 12.8 Å². The molecule has 3 heterocycles. The lowest BCUT2D eigenvalue weighted by molar-refractivity contribution is -0.125. The summed E-state index contributed by atoms with van der Waals surface area (Å²) in [5, 5.41) is 4.12. The van der Waals surface area contributed by atoms with Crippen LogP contribution in [-0.2, 0) is 4.79 Å². The van der Waals surface area contributed by atoms with Gasteiger partial charge in [0.25, 0.3) is 0 Å². The molecule has 1 amide bonds. The smallest absolute Gasteiger partial charge is 0.223 e. The fourth-order valence-electron chi connectivity index (χ4n) is 4.64. The average Bonchev–Trinajstić information content (AvgIpc) is 2.82. The molecule has 32 heavy (non-hydrogen) atoms. The van der Waals surface area contributed by atoms with Gasteiger partial charge in [0.15, 0.2) is 5.82 Å². The summed E-state index contributed by atoms with van der Waals surface area (Å²) in [6.45, 7) is 8.94. The van der Waals surface area contributed by atoms with Crippen LogP contribution in [0.1, 0.15) is 44.6 Å². The number of hydrogen-bond acceptors (Lipinski definition) is 6. The summed E-state index contributed by atoms with van der Waals surface area (Å²) in [7, 11) is 0. The Morgan fingerprint density at radius 1 is 1.06 bits per heavy atom. The molecule has 1 aromatic heterocycles. The molecule has 0 radical (unpaired) electrons. The van der Waals surface area contributed by atoms with Crippen molar-refractivity contribution in [3.05, 3.63) is 42.2 Å². The molecule has 0 bridgehead atoms. The topological polar surface area (TPSA) is 61.4 Å². The molecule has 6 nitrogen and oxygen atoms in total. The Labute approximate surface area is 196 Å². The summed E-state index contributed by atoms with van der Waals surface area (Å²) in [5.41, 5.74) is 1.25. The van der Waals surface area contributed by atoms with Gasteiger partial charge in [0, 0.05) is 55.4 Å². The Hall–Kier alpha value is -2.12. The van der Waals surface area contributed by atoms with Crippen LogP contribution in [-0.4, -0.2) is 59.5 Å². The van der Waals surface area contributed by atoms with Crippen LogP contribution in [0.5, 0.6) is 0 Å². The molecule has 2 saturated heterocycles. The number of rotatable bonds is 7. The monoisotopic (exact) mass is 453 g/mol. The van der Waals surface area contributed by atoms with Gasteiger partial charge in [0.1, 0.15) is 5.03 Å². The van der Waals surface area contributed by atoms with Crippen molar-refractivity contribution in [2.24, 2.45) is 5.92 Å². The maximum atomic E-state index is 12.7. The summed E-state index contributed by atoms with van der Waals surface area (Å²) in [5.74, 6) is 1.23. The fraction of sp³-hybridized carbons (Fsp3) is 0.560.